The fourth-order valence-electron chi connectivity index (χ4n) is 4.88. The van der Waals surface area contributed by atoms with Crippen molar-refractivity contribution in [3.63, 3.8) is 0 Å². The van der Waals surface area contributed by atoms with Gasteiger partial charge in [-0.25, -0.2) is 4.39 Å². The maximum Gasteiger partial charge on any atom is 0.223 e. The Morgan fingerprint density at radius 1 is 1.14 bits per heavy atom. The van der Waals surface area contributed by atoms with Crippen molar-refractivity contribution >= 4 is 11.6 Å². The van der Waals surface area contributed by atoms with Gasteiger partial charge in [-0.15, -0.1) is 0 Å². The normalized spacial score (nSPS) is 25.8. The number of aliphatic hydroxyl groups is 1. The summed E-state index contributed by atoms with van der Waals surface area (Å²) in [7, 11) is 0. The number of benzene rings is 2. The summed E-state index contributed by atoms with van der Waals surface area (Å²) in [5, 5.41) is 13.4. The Morgan fingerprint density at radius 2 is 1.96 bits per heavy atom. The van der Waals surface area contributed by atoms with Crippen LogP contribution in [-0.4, -0.2) is 35.1 Å². The number of nitrogens with one attached hydrogen (secondary N) is 1. The number of carbonyl (C=O) groups is 1. The van der Waals surface area contributed by atoms with Crippen LogP contribution in [0, 0.1) is 17.7 Å². The van der Waals surface area contributed by atoms with Gasteiger partial charge in [0.1, 0.15) is 5.82 Å². The molecule has 5 heteroatoms. The molecule has 1 saturated carbocycles. The lowest BCUT2D eigenvalue weighted by atomic mass is 9.82. The summed E-state index contributed by atoms with van der Waals surface area (Å²) in [6.45, 7) is 0.791. The molecule has 5 rings (SSSR count). The van der Waals surface area contributed by atoms with E-state index < -0.39 is 0 Å². The summed E-state index contributed by atoms with van der Waals surface area (Å²) in [5.41, 5.74) is 3.82. The van der Waals surface area contributed by atoms with Crippen LogP contribution in [0.4, 0.5) is 10.1 Å². The van der Waals surface area contributed by atoms with Crippen LogP contribution in [-0.2, 0) is 4.79 Å². The van der Waals surface area contributed by atoms with Crippen molar-refractivity contribution in [1.82, 2.24) is 4.90 Å². The van der Waals surface area contributed by atoms with Gasteiger partial charge in [0.25, 0.3) is 0 Å². The molecule has 1 aliphatic carbocycles. The van der Waals surface area contributed by atoms with Crippen molar-refractivity contribution in [2.45, 2.75) is 37.8 Å². The van der Waals surface area contributed by atoms with Crippen LogP contribution in [0.1, 0.15) is 37.3 Å². The van der Waals surface area contributed by atoms with E-state index in [1.165, 1.54) is 12.1 Å². The van der Waals surface area contributed by atoms with Crippen LogP contribution in [0.5, 0.6) is 0 Å². The summed E-state index contributed by atoms with van der Waals surface area (Å²) >= 11 is 0. The Labute approximate surface area is 164 Å². The fourth-order valence-corrected chi connectivity index (χ4v) is 4.88. The van der Waals surface area contributed by atoms with Gasteiger partial charge in [0.2, 0.25) is 5.91 Å². The van der Waals surface area contributed by atoms with Crippen molar-refractivity contribution in [3.8, 4) is 11.1 Å². The van der Waals surface area contributed by atoms with Gasteiger partial charge in [-0.1, -0.05) is 18.2 Å². The molecule has 0 spiro atoms. The molecule has 2 fully saturated rings. The van der Waals surface area contributed by atoms with Crippen LogP contribution >= 0.6 is 0 Å². The van der Waals surface area contributed by atoms with Gasteiger partial charge in [0.15, 0.2) is 0 Å². The molecule has 28 heavy (non-hydrogen) atoms. The summed E-state index contributed by atoms with van der Waals surface area (Å²) in [6.07, 6.45) is 3.85. The number of rotatable bonds is 4. The van der Waals surface area contributed by atoms with Crippen molar-refractivity contribution < 1.29 is 14.3 Å². The molecule has 3 aliphatic rings. The zero-order valence-corrected chi connectivity index (χ0v) is 15.8. The number of hydrogen-bond donors (Lipinski definition) is 2. The van der Waals surface area contributed by atoms with Gasteiger partial charge >= 0.3 is 0 Å². The maximum atomic E-state index is 13.7. The first kappa shape index (κ1) is 17.7. The number of anilines is 1. The van der Waals surface area contributed by atoms with E-state index in [-0.39, 0.29) is 36.3 Å². The first-order valence-electron chi connectivity index (χ1n) is 10.2. The van der Waals surface area contributed by atoms with E-state index in [9.17, 15) is 14.3 Å². The highest BCUT2D eigenvalue weighted by atomic mass is 19.1. The lowest BCUT2D eigenvalue weighted by Gasteiger charge is -2.39. The van der Waals surface area contributed by atoms with Gasteiger partial charge in [-0.05, 0) is 66.1 Å². The Bertz CT molecular complexity index is 911. The first-order chi connectivity index (χ1) is 13.6. The molecule has 2 aromatic carbocycles. The summed E-state index contributed by atoms with van der Waals surface area (Å²) in [4.78, 5) is 15.0. The molecule has 0 aromatic heterocycles. The quantitative estimate of drug-likeness (QED) is 0.844. The third-order valence-corrected chi connectivity index (χ3v) is 6.51. The molecule has 0 bridgehead atoms. The molecule has 0 unspecified atom stereocenters. The molecule has 146 valence electrons. The molecule has 1 amide bonds. The fraction of sp³-hybridized carbons (Fsp3) is 0.435. The molecular formula is C23H25FN2O2. The van der Waals surface area contributed by atoms with Crippen LogP contribution in [0.15, 0.2) is 42.5 Å². The second-order valence-corrected chi connectivity index (χ2v) is 8.38. The number of amides is 1. The number of halogens is 1. The molecule has 4 nitrogen and oxygen atoms in total. The van der Waals surface area contributed by atoms with Gasteiger partial charge in [-0.3, -0.25) is 4.79 Å². The molecule has 2 heterocycles. The van der Waals surface area contributed by atoms with Gasteiger partial charge in [-0.2, -0.15) is 0 Å². The smallest absolute Gasteiger partial charge is 0.223 e. The van der Waals surface area contributed by atoms with E-state index >= 15 is 0 Å². The number of likely N-dealkylation sites (tertiary alicyclic amines) is 1. The Hall–Kier alpha value is -2.40. The van der Waals surface area contributed by atoms with E-state index in [1.807, 2.05) is 23.1 Å². The summed E-state index contributed by atoms with van der Waals surface area (Å²) in [5.74, 6) is 0.729. The third-order valence-electron chi connectivity index (χ3n) is 6.51. The van der Waals surface area contributed by atoms with Crippen LogP contribution < -0.4 is 5.32 Å². The molecule has 1 saturated heterocycles. The Morgan fingerprint density at radius 3 is 2.71 bits per heavy atom. The zero-order valence-electron chi connectivity index (χ0n) is 15.8. The van der Waals surface area contributed by atoms with Crippen LogP contribution in [0.3, 0.4) is 0 Å². The van der Waals surface area contributed by atoms with Crippen molar-refractivity contribution in [2.24, 2.45) is 11.8 Å². The monoisotopic (exact) mass is 380 g/mol. The summed E-state index contributed by atoms with van der Waals surface area (Å²) < 4.78 is 13.7. The minimum absolute atomic E-state index is 0.0202. The molecule has 2 aliphatic heterocycles. The van der Waals surface area contributed by atoms with Gasteiger partial charge < -0.3 is 15.3 Å². The topological polar surface area (TPSA) is 52.6 Å². The van der Waals surface area contributed by atoms with Crippen molar-refractivity contribution in [2.75, 3.05) is 18.5 Å². The molecular weight excluding hydrogens is 355 g/mol. The van der Waals surface area contributed by atoms with E-state index in [4.69, 9.17) is 0 Å². The standard InChI is InChI=1S/C23H25FN2O2/c24-17-3-1-2-15(11-17)16-6-7-20-19(12-16)23-18(21(13-27)25-20)8-9-26(23)22(28)10-14-4-5-14/h1-3,6-7,11-12,14,18,21,23,25,27H,4-5,8-10,13H2/t18-,21-,23-/m0/s1. The zero-order chi connectivity index (χ0) is 19.3. The minimum Gasteiger partial charge on any atom is -0.394 e. The average molecular weight is 380 g/mol. The largest absolute Gasteiger partial charge is 0.394 e. The van der Waals surface area contributed by atoms with E-state index in [1.54, 1.807) is 6.07 Å². The highest BCUT2D eigenvalue weighted by Crippen LogP contribution is 2.48. The Balaban J connectivity index is 1.54. The van der Waals surface area contributed by atoms with E-state index in [0.717, 1.165) is 48.2 Å². The predicted molar refractivity (Wildman–Crippen MR) is 106 cm³/mol. The number of fused-ring (bicyclic) bond motifs is 3. The first-order valence-corrected chi connectivity index (χ1v) is 10.2. The lowest BCUT2D eigenvalue weighted by Crippen LogP contribution is -2.42. The number of hydrogen-bond acceptors (Lipinski definition) is 3. The second kappa shape index (κ2) is 6.89. The van der Waals surface area contributed by atoms with E-state index in [0.29, 0.717) is 12.3 Å². The van der Waals surface area contributed by atoms with E-state index in [2.05, 4.69) is 11.4 Å². The lowest BCUT2D eigenvalue weighted by molar-refractivity contribution is -0.133. The average Bonchev–Trinajstić information content (AvgIpc) is 3.40. The van der Waals surface area contributed by atoms with Gasteiger partial charge in [0, 0.05) is 24.6 Å². The van der Waals surface area contributed by atoms with Gasteiger partial charge in [0.05, 0.1) is 18.7 Å². The SMILES string of the molecule is O=C(CC1CC1)N1CC[C@H]2[C@H](CO)Nc3ccc(-c4cccc(F)c4)cc3[C@H]21. The minimum atomic E-state index is -0.256. The highest BCUT2D eigenvalue weighted by Gasteiger charge is 2.46. The molecule has 3 atom stereocenters. The second-order valence-electron chi connectivity index (χ2n) is 8.38. The number of nitrogens with zero attached hydrogens (tertiary/aromatic N) is 1. The molecule has 2 aromatic rings. The van der Waals surface area contributed by atoms with Crippen LogP contribution in [0.25, 0.3) is 11.1 Å². The highest BCUT2D eigenvalue weighted by molar-refractivity contribution is 5.79. The van der Waals surface area contributed by atoms with Crippen molar-refractivity contribution in [3.05, 3.63) is 53.8 Å². The number of carbonyl (C=O) groups excluding carboxylic acids is 1. The maximum absolute atomic E-state index is 13.7. The predicted octanol–water partition coefficient (Wildman–Crippen LogP) is 3.97. The molecule has 0 radical (unpaired) electrons. The van der Waals surface area contributed by atoms with Crippen LogP contribution in [0.2, 0.25) is 0 Å². The summed E-state index contributed by atoms with van der Waals surface area (Å²) in [6, 6.07) is 12.6. The number of aliphatic hydroxyl groups excluding tert-OH is 1. The van der Waals surface area contributed by atoms with Crippen molar-refractivity contribution in [1.29, 1.82) is 0 Å². The Kier molecular flexibility index (Phi) is 4.35. The third kappa shape index (κ3) is 3.08. The molecule has 2 N–H and O–H groups in total.